The average Bonchev–Trinajstić information content (AvgIpc) is 2.92. The molecule has 0 aliphatic heterocycles. The summed E-state index contributed by atoms with van der Waals surface area (Å²) < 4.78 is 89.8. The van der Waals surface area contributed by atoms with Gasteiger partial charge in [-0.2, -0.15) is 8.78 Å². The highest BCUT2D eigenvalue weighted by atomic mass is 19.3. The van der Waals surface area contributed by atoms with Crippen LogP contribution in [0.3, 0.4) is 0 Å². The van der Waals surface area contributed by atoms with E-state index in [1.165, 1.54) is 18.2 Å². The summed E-state index contributed by atoms with van der Waals surface area (Å²) in [6, 6.07) is 18.9. The van der Waals surface area contributed by atoms with Gasteiger partial charge in [-0.15, -0.1) is 0 Å². The van der Waals surface area contributed by atoms with Gasteiger partial charge in [-0.1, -0.05) is 68.3 Å². The average molecular weight is 541 g/mol. The van der Waals surface area contributed by atoms with E-state index in [0.717, 1.165) is 25.0 Å². The zero-order valence-corrected chi connectivity index (χ0v) is 21.2. The summed E-state index contributed by atoms with van der Waals surface area (Å²) in [5, 5.41) is 0. The number of halogens is 6. The molecule has 0 unspecified atom stereocenters. The monoisotopic (exact) mass is 540 g/mol. The van der Waals surface area contributed by atoms with E-state index in [9.17, 15) is 22.0 Å². The highest BCUT2D eigenvalue weighted by molar-refractivity contribution is 5.74. The van der Waals surface area contributed by atoms with Crippen LogP contribution in [0, 0.1) is 35.1 Å². The highest BCUT2D eigenvalue weighted by Crippen LogP contribution is 2.40. The molecule has 0 heterocycles. The summed E-state index contributed by atoms with van der Waals surface area (Å²) in [5.41, 5.74) is 2.65. The van der Waals surface area contributed by atoms with Gasteiger partial charge in [-0.3, -0.25) is 0 Å². The predicted octanol–water partition coefficient (Wildman–Crippen LogP) is 10.0. The maximum absolute atomic E-state index is 15.1. The second kappa shape index (κ2) is 10.8. The smallest absolute Gasteiger partial charge is 0.400 e. The van der Waals surface area contributed by atoms with E-state index in [4.69, 9.17) is 4.74 Å². The van der Waals surface area contributed by atoms with Gasteiger partial charge in [0.2, 0.25) is 0 Å². The molecule has 5 rings (SSSR count). The minimum atomic E-state index is -3.25. The lowest BCUT2D eigenvalue weighted by atomic mass is 9.82. The molecule has 1 aliphatic carbocycles. The van der Waals surface area contributed by atoms with E-state index in [1.807, 2.05) is 0 Å². The molecule has 0 radical (unpaired) electrons. The van der Waals surface area contributed by atoms with Gasteiger partial charge in [0.1, 0.15) is 11.6 Å². The van der Waals surface area contributed by atoms with E-state index in [-0.39, 0.29) is 11.3 Å². The summed E-state index contributed by atoms with van der Waals surface area (Å²) >= 11 is 0. The molecule has 0 atom stereocenters. The minimum Gasteiger partial charge on any atom is -0.432 e. The Labute approximate surface area is 223 Å². The SMILES string of the molecule is CC1CCC(C(F)(F)Oc2ccc(-c3ccc(-c4ccc(-c5cc(F)c(F)c(F)c5)cc4)c(F)c3)cc2)CC1. The first-order valence-corrected chi connectivity index (χ1v) is 12.8. The van der Waals surface area contributed by atoms with Crippen LogP contribution in [0.2, 0.25) is 0 Å². The molecule has 0 N–H and O–H groups in total. The first kappa shape index (κ1) is 26.9. The van der Waals surface area contributed by atoms with Crippen LogP contribution in [0.15, 0.2) is 78.9 Å². The first-order valence-electron chi connectivity index (χ1n) is 12.8. The number of ether oxygens (including phenoxy) is 1. The van der Waals surface area contributed by atoms with Crippen LogP contribution in [0.4, 0.5) is 26.3 Å². The molecule has 1 nitrogen and oxygen atoms in total. The quantitative estimate of drug-likeness (QED) is 0.175. The van der Waals surface area contributed by atoms with Crippen molar-refractivity contribution in [3.63, 3.8) is 0 Å². The third kappa shape index (κ3) is 5.82. The molecular formula is C32H26F6O. The van der Waals surface area contributed by atoms with Crippen LogP contribution in [-0.2, 0) is 0 Å². The minimum absolute atomic E-state index is 0.0560. The molecule has 0 bridgehead atoms. The third-order valence-electron chi connectivity index (χ3n) is 7.41. The molecule has 0 aromatic heterocycles. The summed E-state index contributed by atoms with van der Waals surface area (Å²) in [6.07, 6.45) is -0.844. The Morgan fingerprint density at radius 1 is 0.590 bits per heavy atom. The Balaban J connectivity index is 1.29. The molecule has 202 valence electrons. The Morgan fingerprint density at radius 2 is 1.08 bits per heavy atom. The molecule has 7 heteroatoms. The fraction of sp³-hybridized carbons (Fsp3) is 0.250. The van der Waals surface area contributed by atoms with Crippen molar-refractivity contribution in [3.8, 4) is 39.1 Å². The molecule has 1 saturated carbocycles. The van der Waals surface area contributed by atoms with E-state index < -0.39 is 35.3 Å². The molecule has 1 aliphatic rings. The van der Waals surface area contributed by atoms with Gasteiger partial charge < -0.3 is 4.74 Å². The molecule has 4 aromatic carbocycles. The maximum Gasteiger partial charge on any atom is 0.400 e. The molecule has 0 spiro atoms. The largest absolute Gasteiger partial charge is 0.432 e. The molecule has 0 amide bonds. The topological polar surface area (TPSA) is 9.23 Å². The lowest BCUT2D eigenvalue weighted by Crippen LogP contribution is -2.36. The molecule has 0 saturated heterocycles. The van der Waals surface area contributed by atoms with Crippen molar-refractivity contribution >= 4 is 0 Å². The van der Waals surface area contributed by atoms with Crippen molar-refractivity contribution in [1.29, 1.82) is 0 Å². The van der Waals surface area contributed by atoms with Crippen molar-refractivity contribution in [2.75, 3.05) is 0 Å². The summed E-state index contributed by atoms with van der Waals surface area (Å²) in [4.78, 5) is 0. The van der Waals surface area contributed by atoms with Crippen molar-refractivity contribution in [3.05, 3.63) is 102 Å². The van der Waals surface area contributed by atoms with Crippen molar-refractivity contribution < 1.29 is 31.1 Å². The van der Waals surface area contributed by atoms with Gasteiger partial charge in [-0.25, -0.2) is 17.6 Å². The number of hydrogen-bond donors (Lipinski definition) is 0. The lowest BCUT2D eigenvalue weighted by molar-refractivity contribution is -0.223. The van der Waals surface area contributed by atoms with Crippen LogP contribution >= 0.6 is 0 Å². The Bertz CT molecular complexity index is 1430. The van der Waals surface area contributed by atoms with Crippen molar-refractivity contribution in [2.45, 2.75) is 38.7 Å². The zero-order valence-electron chi connectivity index (χ0n) is 21.2. The Kier molecular flexibility index (Phi) is 7.43. The van der Waals surface area contributed by atoms with Crippen LogP contribution in [0.1, 0.15) is 32.6 Å². The second-order valence-electron chi connectivity index (χ2n) is 10.2. The van der Waals surface area contributed by atoms with Gasteiger partial charge in [0.25, 0.3) is 0 Å². The standard InChI is InChI=1S/C32H26F6O/c1-19-2-11-25(12-3-19)32(37,38)39-26-13-8-20(9-14-26)23-10-15-27(28(33)16-23)22-6-4-21(5-7-22)24-17-29(34)31(36)30(35)18-24/h4-10,13-19,25H,2-3,11-12H2,1H3. The Hall–Kier alpha value is -3.74. The van der Waals surface area contributed by atoms with Gasteiger partial charge in [-0.05, 0) is 76.9 Å². The zero-order chi connectivity index (χ0) is 27.7. The van der Waals surface area contributed by atoms with E-state index in [1.54, 1.807) is 48.5 Å². The number of alkyl halides is 2. The van der Waals surface area contributed by atoms with Crippen LogP contribution < -0.4 is 4.74 Å². The number of rotatable bonds is 6. The number of benzene rings is 4. The summed E-state index contributed by atoms with van der Waals surface area (Å²) in [6.45, 7) is 2.07. The number of hydrogen-bond acceptors (Lipinski definition) is 1. The van der Waals surface area contributed by atoms with Crippen LogP contribution in [0.25, 0.3) is 33.4 Å². The van der Waals surface area contributed by atoms with Gasteiger partial charge in [0, 0.05) is 5.56 Å². The van der Waals surface area contributed by atoms with Crippen molar-refractivity contribution in [1.82, 2.24) is 0 Å². The van der Waals surface area contributed by atoms with E-state index >= 15 is 4.39 Å². The predicted molar refractivity (Wildman–Crippen MR) is 139 cm³/mol. The molecule has 4 aromatic rings. The van der Waals surface area contributed by atoms with Gasteiger partial charge in [0.05, 0.1) is 5.92 Å². The lowest BCUT2D eigenvalue weighted by Gasteiger charge is -2.32. The molecule has 1 fully saturated rings. The summed E-state index contributed by atoms with van der Waals surface area (Å²) in [5.74, 6) is -4.90. The normalized spacial score (nSPS) is 17.7. The van der Waals surface area contributed by atoms with Gasteiger partial charge >= 0.3 is 6.11 Å². The van der Waals surface area contributed by atoms with E-state index in [2.05, 4.69) is 6.92 Å². The van der Waals surface area contributed by atoms with Gasteiger partial charge in [0.15, 0.2) is 17.5 Å². The van der Waals surface area contributed by atoms with Crippen LogP contribution in [0.5, 0.6) is 5.75 Å². The van der Waals surface area contributed by atoms with Crippen LogP contribution in [-0.4, -0.2) is 6.11 Å². The summed E-state index contributed by atoms with van der Waals surface area (Å²) in [7, 11) is 0. The van der Waals surface area contributed by atoms with E-state index in [0.29, 0.717) is 46.6 Å². The maximum atomic E-state index is 15.1. The molecule has 39 heavy (non-hydrogen) atoms. The molecular weight excluding hydrogens is 514 g/mol. The fourth-order valence-electron chi connectivity index (χ4n) is 5.05. The third-order valence-corrected chi connectivity index (χ3v) is 7.41. The van der Waals surface area contributed by atoms with Crippen molar-refractivity contribution in [2.24, 2.45) is 11.8 Å². The second-order valence-corrected chi connectivity index (χ2v) is 10.2. The Morgan fingerprint density at radius 3 is 1.67 bits per heavy atom. The highest BCUT2D eigenvalue weighted by Gasteiger charge is 2.43. The fourth-order valence-corrected chi connectivity index (χ4v) is 5.05. The first-order chi connectivity index (χ1) is 18.6.